The molecule has 1 aromatic rings. The average Bonchev–Trinajstić information content (AvgIpc) is 2.74. The maximum atomic E-state index is 11.0. The Balaban J connectivity index is 2.10. The number of aromatic nitrogens is 2. The van der Waals surface area contributed by atoms with Crippen molar-refractivity contribution in [1.29, 1.82) is 0 Å². The second-order valence-corrected chi connectivity index (χ2v) is 5.04. The highest BCUT2D eigenvalue weighted by molar-refractivity contribution is 5.74. The van der Waals surface area contributed by atoms with Gasteiger partial charge in [0.2, 0.25) is 0 Å². The number of carboxylic acid groups (broad SMARTS) is 1. The molecule has 1 aromatic heterocycles. The van der Waals surface area contributed by atoms with Crippen molar-refractivity contribution >= 4 is 11.8 Å². The number of aliphatic carboxylic acids is 1. The molecule has 0 fully saturated rings. The first-order valence-corrected chi connectivity index (χ1v) is 5.81. The molecule has 0 radical (unpaired) electrons. The van der Waals surface area contributed by atoms with Crippen molar-refractivity contribution in [2.24, 2.45) is 5.41 Å². The van der Waals surface area contributed by atoms with E-state index in [1.54, 1.807) is 20.2 Å². The summed E-state index contributed by atoms with van der Waals surface area (Å²) in [7, 11) is 0. The minimum atomic E-state index is -0.810. The third kappa shape index (κ3) is 2.38. The molecule has 0 atom stereocenters. The normalized spacial score (nSPS) is 14.5. The van der Waals surface area contributed by atoms with E-state index in [0.29, 0.717) is 6.54 Å². The van der Waals surface area contributed by atoms with Crippen LogP contribution in [0.4, 0.5) is 5.82 Å². The molecule has 2 rings (SSSR count). The third-order valence-corrected chi connectivity index (χ3v) is 3.15. The molecule has 0 aromatic carbocycles. The molecule has 1 heterocycles. The SMILES string of the molecule is CC(C)(CNc1ncnc2c1CCC2)C(=O)O. The van der Waals surface area contributed by atoms with Crippen LogP contribution in [-0.2, 0) is 17.6 Å². The number of carbonyl (C=O) groups is 1. The van der Waals surface area contributed by atoms with E-state index in [-0.39, 0.29) is 0 Å². The van der Waals surface area contributed by atoms with Gasteiger partial charge in [0, 0.05) is 17.8 Å². The number of nitrogens with zero attached hydrogens (tertiary/aromatic N) is 2. The molecule has 92 valence electrons. The van der Waals surface area contributed by atoms with Crippen LogP contribution >= 0.6 is 0 Å². The molecule has 0 amide bonds. The third-order valence-electron chi connectivity index (χ3n) is 3.15. The summed E-state index contributed by atoms with van der Waals surface area (Å²) in [5, 5.41) is 12.2. The predicted octanol–water partition coefficient (Wildman–Crippen LogP) is 1.49. The number of carboxylic acids is 1. The summed E-state index contributed by atoms with van der Waals surface area (Å²) in [5.41, 5.74) is 1.44. The van der Waals surface area contributed by atoms with Crippen LogP contribution in [0.15, 0.2) is 6.33 Å². The number of fused-ring (bicyclic) bond motifs is 1. The highest BCUT2D eigenvalue weighted by atomic mass is 16.4. The molecule has 0 aliphatic heterocycles. The van der Waals surface area contributed by atoms with Crippen LogP contribution in [0.5, 0.6) is 0 Å². The van der Waals surface area contributed by atoms with Gasteiger partial charge in [0.05, 0.1) is 5.41 Å². The number of hydrogen-bond acceptors (Lipinski definition) is 4. The lowest BCUT2D eigenvalue weighted by Crippen LogP contribution is -2.32. The maximum Gasteiger partial charge on any atom is 0.310 e. The van der Waals surface area contributed by atoms with Crippen molar-refractivity contribution in [3.63, 3.8) is 0 Å². The number of anilines is 1. The summed E-state index contributed by atoms with van der Waals surface area (Å²) in [4.78, 5) is 19.4. The van der Waals surface area contributed by atoms with E-state index in [9.17, 15) is 4.79 Å². The van der Waals surface area contributed by atoms with Crippen molar-refractivity contribution in [2.45, 2.75) is 33.1 Å². The fraction of sp³-hybridized carbons (Fsp3) is 0.583. The van der Waals surface area contributed by atoms with E-state index >= 15 is 0 Å². The minimum Gasteiger partial charge on any atom is -0.481 e. The van der Waals surface area contributed by atoms with Crippen LogP contribution in [0.25, 0.3) is 0 Å². The lowest BCUT2D eigenvalue weighted by atomic mass is 9.94. The highest BCUT2D eigenvalue weighted by Crippen LogP contribution is 2.26. The Kier molecular flexibility index (Phi) is 3.00. The fourth-order valence-electron chi connectivity index (χ4n) is 1.89. The smallest absolute Gasteiger partial charge is 0.310 e. The topological polar surface area (TPSA) is 75.1 Å². The van der Waals surface area contributed by atoms with Gasteiger partial charge in [-0.2, -0.15) is 0 Å². The molecule has 0 saturated heterocycles. The maximum absolute atomic E-state index is 11.0. The first-order valence-electron chi connectivity index (χ1n) is 5.81. The largest absolute Gasteiger partial charge is 0.481 e. The molecule has 1 aliphatic carbocycles. The quantitative estimate of drug-likeness (QED) is 0.827. The second-order valence-electron chi connectivity index (χ2n) is 5.04. The number of hydrogen-bond donors (Lipinski definition) is 2. The van der Waals surface area contributed by atoms with Crippen molar-refractivity contribution in [3.05, 3.63) is 17.6 Å². The van der Waals surface area contributed by atoms with Gasteiger partial charge in [0.15, 0.2) is 0 Å². The molecule has 0 unspecified atom stereocenters. The van der Waals surface area contributed by atoms with Gasteiger partial charge < -0.3 is 10.4 Å². The average molecular weight is 235 g/mol. The van der Waals surface area contributed by atoms with Crippen molar-refractivity contribution in [1.82, 2.24) is 9.97 Å². The fourth-order valence-corrected chi connectivity index (χ4v) is 1.89. The Morgan fingerprint density at radius 1 is 1.47 bits per heavy atom. The molecule has 0 bridgehead atoms. The van der Waals surface area contributed by atoms with Crippen LogP contribution in [0.2, 0.25) is 0 Å². The van der Waals surface area contributed by atoms with Crippen molar-refractivity contribution < 1.29 is 9.90 Å². The van der Waals surface area contributed by atoms with E-state index in [1.807, 2.05) is 0 Å². The monoisotopic (exact) mass is 235 g/mol. The first-order chi connectivity index (χ1) is 8.00. The molecule has 17 heavy (non-hydrogen) atoms. The molecule has 0 spiro atoms. The van der Waals surface area contributed by atoms with Gasteiger partial charge >= 0.3 is 5.97 Å². The lowest BCUT2D eigenvalue weighted by Gasteiger charge is -2.20. The summed E-state index contributed by atoms with van der Waals surface area (Å²) in [6, 6.07) is 0. The summed E-state index contributed by atoms with van der Waals surface area (Å²) in [6.07, 6.45) is 4.62. The van der Waals surface area contributed by atoms with E-state index in [1.165, 1.54) is 0 Å². The van der Waals surface area contributed by atoms with Gasteiger partial charge in [-0.15, -0.1) is 0 Å². The number of aryl methyl sites for hydroxylation is 1. The van der Waals surface area contributed by atoms with E-state index in [4.69, 9.17) is 5.11 Å². The molecular formula is C12H17N3O2. The standard InChI is InChI=1S/C12H17N3O2/c1-12(2,11(16)17)6-13-10-8-4-3-5-9(8)14-7-15-10/h7H,3-6H2,1-2H3,(H,16,17)(H,13,14,15). The summed E-state index contributed by atoms with van der Waals surface area (Å²) < 4.78 is 0. The lowest BCUT2D eigenvalue weighted by molar-refractivity contribution is -0.146. The van der Waals surface area contributed by atoms with Crippen LogP contribution < -0.4 is 5.32 Å². The second kappa shape index (κ2) is 4.31. The van der Waals surface area contributed by atoms with E-state index in [0.717, 1.165) is 36.3 Å². The summed E-state index contributed by atoms with van der Waals surface area (Å²) in [6.45, 7) is 3.76. The van der Waals surface area contributed by atoms with Gasteiger partial charge in [0.25, 0.3) is 0 Å². The predicted molar refractivity (Wildman–Crippen MR) is 64.0 cm³/mol. The molecule has 5 nitrogen and oxygen atoms in total. The van der Waals surface area contributed by atoms with Crippen molar-refractivity contribution in [2.75, 3.05) is 11.9 Å². The van der Waals surface area contributed by atoms with Gasteiger partial charge in [-0.25, -0.2) is 9.97 Å². The Labute approximate surface area is 100 Å². The van der Waals surface area contributed by atoms with Crippen LogP contribution in [0, 0.1) is 5.41 Å². The zero-order valence-electron chi connectivity index (χ0n) is 10.2. The van der Waals surface area contributed by atoms with Crippen LogP contribution in [0.1, 0.15) is 31.5 Å². The number of nitrogens with one attached hydrogen (secondary N) is 1. The zero-order valence-corrected chi connectivity index (χ0v) is 10.2. The highest BCUT2D eigenvalue weighted by Gasteiger charge is 2.27. The molecule has 1 aliphatic rings. The van der Waals surface area contributed by atoms with Crippen LogP contribution in [-0.4, -0.2) is 27.6 Å². The Morgan fingerprint density at radius 2 is 2.24 bits per heavy atom. The zero-order chi connectivity index (χ0) is 12.5. The van der Waals surface area contributed by atoms with Crippen LogP contribution in [0.3, 0.4) is 0 Å². The first kappa shape index (κ1) is 11.8. The Morgan fingerprint density at radius 3 is 2.94 bits per heavy atom. The summed E-state index contributed by atoms with van der Waals surface area (Å²) >= 11 is 0. The summed E-state index contributed by atoms with van der Waals surface area (Å²) in [5.74, 6) is -0.0162. The molecule has 2 N–H and O–H groups in total. The van der Waals surface area contributed by atoms with Gasteiger partial charge in [-0.05, 0) is 33.1 Å². The Bertz CT molecular complexity index is 443. The van der Waals surface area contributed by atoms with Gasteiger partial charge in [-0.3, -0.25) is 4.79 Å². The Hall–Kier alpha value is -1.65. The van der Waals surface area contributed by atoms with Crippen molar-refractivity contribution in [3.8, 4) is 0 Å². The molecule has 5 heteroatoms. The molecule has 0 saturated carbocycles. The van der Waals surface area contributed by atoms with Gasteiger partial charge in [-0.1, -0.05) is 0 Å². The van der Waals surface area contributed by atoms with E-state index < -0.39 is 11.4 Å². The molecular weight excluding hydrogens is 218 g/mol. The number of rotatable bonds is 4. The minimum absolute atomic E-state index is 0.367. The van der Waals surface area contributed by atoms with E-state index in [2.05, 4.69) is 15.3 Å². The van der Waals surface area contributed by atoms with Gasteiger partial charge in [0.1, 0.15) is 12.1 Å².